The van der Waals surface area contributed by atoms with E-state index in [2.05, 4.69) is 26.9 Å². The number of aryl methyl sites for hydroxylation is 3. The molecule has 31 heavy (non-hydrogen) atoms. The van der Waals surface area contributed by atoms with Gasteiger partial charge in [-0.15, -0.1) is 0 Å². The molecule has 0 saturated heterocycles. The first-order valence-corrected chi connectivity index (χ1v) is 11.3. The van der Waals surface area contributed by atoms with Crippen molar-refractivity contribution >= 4 is 27.4 Å². The van der Waals surface area contributed by atoms with Crippen molar-refractivity contribution in [3.05, 3.63) is 89.4 Å². The SMILES string of the molecule is CCc1ccc(C(=O)C=CNc2ccc(S(=O)(=O)Nc3nc(C)cc(C)n3)cc2)cc1. The average molecular weight is 437 g/mol. The van der Waals surface area contributed by atoms with E-state index < -0.39 is 10.0 Å². The van der Waals surface area contributed by atoms with E-state index in [9.17, 15) is 13.2 Å². The van der Waals surface area contributed by atoms with E-state index in [1.165, 1.54) is 30.0 Å². The highest BCUT2D eigenvalue weighted by Gasteiger charge is 2.16. The molecular weight excluding hydrogens is 412 g/mol. The van der Waals surface area contributed by atoms with E-state index in [0.29, 0.717) is 22.6 Å². The van der Waals surface area contributed by atoms with E-state index in [0.717, 1.165) is 6.42 Å². The number of nitrogens with zero attached hydrogens (tertiary/aromatic N) is 2. The van der Waals surface area contributed by atoms with E-state index in [1.54, 1.807) is 44.2 Å². The van der Waals surface area contributed by atoms with Gasteiger partial charge in [-0.2, -0.15) is 0 Å². The first kappa shape index (κ1) is 22.2. The Bertz CT molecular complexity index is 1180. The number of aromatic nitrogens is 2. The minimum atomic E-state index is -3.81. The number of hydrogen-bond donors (Lipinski definition) is 2. The maximum absolute atomic E-state index is 12.6. The Balaban J connectivity index is 1.63. The summed E-state index contributed by atoms with van der Waals surface area (Å²) >= 11 is 0. The fraction of sp³-hybridized carbons (Fsp3) is 0.174. The van der Waals surface area contributed by atoms with Gasteiger partial charge in [-0.3, -0.25) is 4.79 Å². The van der Waals surface area contributed by atoms with Gasteiger partial charge in [0.05, 0.1) is 4.90 Å². The summed E-state index contributed by atoms with van der Waals surface area (Å²) in [4.78, 5) is 20.5. The number of sulfonamides is 1. The molecular formula is C23H24N4O3S. The molecule has 1 heterocycles. The normalized spacial score (nSPS) is 11.5. The van der Waals surface area contributed by atoms with Gasteiger partial charge in [0.2, 0.25) is 5.95 Å². The van der Waals surface area contributed by atoms with E-state index in [-0.39, 0.29) is 16.6 Å². The van der Waals surface area contributed by atoms with Crippen molar-refractivity contribution in [2.24, 2.45) is 0 Å². The third-order valence-corrected chi connectivity index (χ3v) is 5.85. The van der Waals surface area contributed by atoms with Crippen LogP contribution >= 0.6 is 0 Å². The molecule has 0 unspecified atom stereocenters. The predicted molar refractivity (Wildman–Crippen MR) is 122 cm³/mol. The first-order chi connectivity index (χ1) is 14.8. The van der Waals surface area contributed by atoms with Gasteiger partial charge in [0, 0.05) is 34.9 Å². The molecule has 2 N–H and O–H groups in total. The summed E-state index contributed by atoms with van der Waals surface area (Å²) in [6.45, 7) is 5.60. The summed E-state index contributed by atoms with van der Waals surface area (Å²) in [5, 5.41) is 2.97. The van der Waals surface area contributed by atoms with Crippen molar-refractivity contribution in [1.82, 2.24) is 9.97 Å². The molecule has 8 heteroatoms. The van der Waals surface area contributed by atoms with Crippen LogP contribution in [0.25, 0.3) is 0 Å². The fourth-order valence-corrected chi connectivity index (χ4v) is 3.84. The number of allylic oxidation sites excluding steroid dienone is 1. The number of hydrogen-bond acceptors (Lipinski definition) is 6. The lowest BCUT2D eigenvalue weighted by Gasteiger charge is -2.09. The van der Waals surface area contributed by atoms with Crippen molar-refractivity contribution in [1.29, 1.82) is 0 Å². The molecule has 0 aliphatic carbocycles. The largest absolute Gasteiger partial charge is 0.362 e. The number of ketones is 1. The van der Waals surface area contributed by atoms with Crippen LogP contribution in [-0.4, -0.2) is 24.2 Å². The van der Waals surface area contributed by atoms with Crippen molar-refractivity contribution in [2.45, 2.75) is 32.1 Å². The predicted octanol–water partition coefficient (Wildman–Crippen LogP) is 4.27. The van der Waals surface area contributed by atoms with Crippen LogP contribution in [0, 0.1) is 13.8 Å². The summed E-state index contributed by atoms with van der Waals surface area (Å²) in [6.07, 6.45) is 3.89. The third-order valence-electron chi connectivity index (χ3n) is 4.50. The standard InChI is InChI=1S/C23H24N4O3S/c1-4-18-5-7-19(8-6-18)22(28)13-14-24-20-9-11-21(12-10-20)31(29,30)27-23-25-16(2)15-17(3)26-23/h5-15,24H,4H2,1-3H3,(H,25,26,27). The molecule has 0 spiro atoms. The topological polar surface area (TPSA) is 101 Å². The van der Waals surface area contributed by atoms with Gasteiger partial charge < -0.3 is 5.32 Å². The molecule has 3 aromatic rings. The highest BCUT2D eigenvalue weighted by Crippen LogP contribution is 2.17. The van der Waals surface area contributed by atoms with Crippen LogP contribution in [0.5, 0.6) is 0 Å². The maximum atomic E-state index is 12.6. The van der Waals surface area contributed by atoms with Crippen LogP contribution < -0.4 is 10.0 Å². The van der Waals surface area contributed by atoms with Gasteiger partial charge >= 0.3 is 0 Å². The lowest BCUT2D eigenvalue weighted by atomic mass is 10.1. The first-order valence-electron chi connectivity index (χ1n) is 9.78. The van der Waals surface area contributed by atoms with E-state index in [1.807, 2.05) is 12.1 Å². The van der Waals surface area contributed by atoms with Crippen molar-refractivity contribution < 1.29 is 13.2 Å². The van der Waals surface area contributed by atoms with Gasteiger partial charge in [-0.1, -0.05) is 31.2 Å². The van der Waals surface area contributed by atoms with Gasteiger partial charge in [0.15, 0.2) is 5.78 Å². The van der Waals surface area contributed by atoms with Gasteiger partial charge in [0.1, 0.15) is 0 Å². The van der Waals surface area contributed by atoms with E-state index >= 15 is 0 Å². The average Bonchev–Trinajstić information content (AvgIpc) is 2.73. The van der Waals surface area contributed by atoms with Gasteiger partial charge in [-0.25, -0.2) is 23.1 Å². The number of rotatable bonds is 8. The molecule has 7 nitrogen and oxygen atoms in total. The Labute approximate surface area is 182 Å². The van der Waals surface area contributed by atoms with Crippen LogP contribution in [-0.2, 0) is 16.4 Å². The Morgan fingerprint density at radius 3 is 2.16 bits per heavy atom. The highest BCUT2D eigenvalue weighted by atomic mass is 32.2. The Morgan fingerprint density at radius 1 is 0.968 bits per heavy atom. The lowest BCUT2D eigenvalue weighted by molar-refractivity contribution is 0.104. The molecule has 0 aliphatic heterocycles. The van der Waals surface area contributed by atoms with Crippen molar-refractivity contribution in [3.8, 4) is 0 Å². The summed E-state index contributed by atoms with van der Waals surface area (Å²) in [5.41, 5.74) is 3.77. The molecule has 0 atom stereocenters. The zero-order chi connectivity index (χ0) is 22.4. The van der Waals surface area contributed by atoms with Crippen molar-refractivity contribution in [2.75, 3.05) is 10.0 Å². The van der Waals surface area contributed by atoms with Gasteiger partial charge in [0.25, 0.3) is 10.0 Å². The molecule has 0 amide bonds. The maximum Gasteiger partial charge on any atom is 0.264 e. The molecule has 3 rings (SSSR count). The molecule has 0 bridgehead atoms. The minimum absolute atomic E-state index is 0.0353. The Morgan fingerprint density at radius 2 is 1.58 bits per heavy atom. The Hall–Kier alpha value is -3.52. The molecule has 0 aliphatic rings. The van der Waals surface area contributed by atoms with Crippen molar-refractivity contribution in [3.63, 3.8) is 0 Å². The molecule has 160 valence electrons. The number of carbonyl (C=O) groups is 1. The van der Waals surface area contributed by atoms with Crippen LogP contribution in [0.1, 0.15) is 34.2 Å². The van der Waals surface area contributed by atoms with Crippen LogP contribution in [0.2, 0.25) is 0 Å². The molecule has 0 fully saturated rings. The van der Waals surface area contributed by atoms with Crippen LogP contribution in [0.15, 0.2) is 71.8 Å². The minimum Gasteiger partial charge on any atom is -0.362 e. The summed E-state index contributed by atoms with van der Waals surface area (Å²) in [7, 11) is -3.81. The summed E-state index contributed by atoms with van der Waals surface area (Å²) in [5.74, 6) is -0.0832. The number of nitrogens with one attached hydrogen (secondary N) is 2. The van der Waals surface area contributed by atoms with Crippen LogP contribution in [0.3, 0.4) is 0 Å². The number of benzene rings is 2. The number of carbonyl (C=O) groups excluding carboxylic acids is 1. The summed E-state index contributed by atoms with van der Waals surface area (Å²) < 4.78 is 27.5. The highest BCUT2D eigenvalue weighted by molar-refractivity contribution is 7.92. The molecule has 1 aromatic heterocycles. The second-order valence-electron chi connectivity index (χ2n) is 7.00. The Kier molecular flexibility index (Phi) is 6.81. The number of anilines is 2. The zero-order valence-corrected chi connectivity index (χ0v) is 18.4. The third kappa shape index (κ3) is 5.99. The zero-order valence-electron chi connectivity index (χ0n) is 17.6. The lowest BCUT2D eigenvalue weighted by Crippen LogP contribution is -2.15. The van der Waals surface area contributed by atoms with E-state index in [4.69, 9.17) is 0 Å². The monoisotopic (exact) mass is 436 g/mol. The van der Waals surface area contributed by atoms with Crippen LogP contribution in [0.4, 0.5) is 11.6 Å². The second-order valence-corrected chi connectivity index (χ2v) is 8.68. The summed E-state index contributed by atoms with van der Waals surface area (Å²) in [6, 6.07) is 15.4. The molecule has 0 radical (unpaired) electrons. The smallest absolute Gasteiger partial charge is 0.264 e. The molecule has 0 saturated carbocycles. The van der Waals surface area contributed by atoms with Gasteiger partial charge in [-0.05, 0) is 56.2 Å². The molecule has 2 aromatic carbocycles. The quantitative estimate of drug-likeness (QED) is 0.404. The fourth-order valence-electron chi connectivity index (χ4n) is 2.90. The second kappa shape index (κ2) is 9.53.